The van der Waals surface area contributed by atoms with Crippen LogP contribution in [-0.2, 0) is 12.0 Å². The molecule has 0 aliphatic rings. The molecular weight excluding hydrogens is 434 g/mol. The Hall–Kier alpha value is -3.44. The fraction of sp³-hybridized carbons (Fsp3) is 0.333. The summed E-state index contributed by atoms with van der Waals surface area (Å²) in [6.45, 7) is 10.6. The fourth-order valence-corrected chi connectivity index (χ4v) is 3.96. The number of benzene rings is 2. The lowest BCUT2D eigenvalue weighted by Crippen LogP contribution is -2.19. The minimum absolute atomic E-state index is 0.0918. The molecule has 0 radical (unpaired) electrons. The van der Waals surface area contributed by atoms with E-state index >= 15 is 0 Å². The van der Waals surface area contributed by atoms with E-state index in [0.29, 0.717) is 19.1 Å². The van der Waals surface area contributed by atoms with Gasteiger partial charge in [-0.15, -0.1) is 0 Å². The summed E-state index contributed by atoms with van der Waals surface area (Å²) in [5.41, 5.74) is 6.47. The Bertz CT molecular complexity index is 1290. The van der Waals surface area contributed by atoms with Crippen LogP contribution in [0.3, 0.4) is 0 Å². The van der Waals surface area contributed by atoms with Gasteiger partial charge in [-0.2, -0.15) is 0 Å². The van der Waals surface area contributed by atoms with E-state index in [4.69, 9.17) is 14.5 Å². The quantitative estimate of drug-likeness (QED) is 0.298. The normalized spacial score (nSPS) is 11.7. The fourth-order valence-electron chi connectivity index (χ4n) is 3.96. The summed E-state index contributed by atoms with van der Waals surface area (Å²) in [6, 6.07) is 20.7. The third kappa shape index (κ3) is 5.98. The third-order valence-corrected chi connectivity index (χ3v) is 6.03. The van der Waals surface area contributed by atoms with Crippen molar-refractivity contribution in [1.82, 2.24) is 14.9 Å². The Morgan fingerprint density at radius 1 is 0.914 bits per heavy atom. The average Bonchev–Trinajstić information content (AvgIpc) is 2.82. The first kappa shape index (κ1) is 24.7. The van der Waals surface area contributed by atoms with Crippen LogP contribution in [0.1, 0.15) is 37.5 Å². The molecule has 5 heteroatoms. The Labute approximate surface area is 208 Å². The maximum absolute atomic E-state index is 6.38. The van der Waals surface area contributed by atoms with Crippen molar-refractivity contribution in [3.8, 4) is 22.9 Å². The maximum Gasteiger partial charge on any atom is 0.226 e. The first-order valence-corrected chi connectivity index (χ1v) is 12.1. The largest absolute Gasteiger partial charge is 0.488 e. The molecule has 0 bridgehead atoms. The van der Waals surface area contributed by atoms with Gasteiger partial charge in [-0.05, 0) is 49.2 Å². The summed E-state index contributed by atoms with van der Waals surface area (Å²) >= 11 is 0. The highest BCUT2D eigenvalue weighted by molar-refractivity contribution is 5.92. The highest BCUT2D eigenvalue weighted by Crippen LogP contribution is 2.37. The van der Waals surface area contributed by atoms with Crippen LogP contribution in [0, 0.1) is 6.92 Å². The summed E-state index contributed by atoms with van der Waals surface area (Å²) in [7, 11) is 4.05. The summed E-state index contributed by atoms with van der Waals surface area (Å²) in [5, 5.41) is 0.801. The molecule has 182 valence electrons. The van der Waals surface area contributed by atoms with E-state index in [1.54, 1.807) is 6.20 Å². The van der Waals surface area contributed by atoms with Crippen molar-refractivity contribution in [3.05, 3.63) is 83.6 Å². The summed E-state index contributed by atoms with van der Waals surface area (Å²) in [6.07, 6.45) is 1.75. The maximum atomic E-state index is 6.38. The van der Waals surface area contributed by atoms with E-state index in [-0.39, 0.29) is 5.41 Å². The number of ether oxygens (including phenoxy) is 2. The van der Waals surface area contributed by atoms with Crippen LogP contribution in [0.2, 0.25) is 0 Å². The Morgan fingerprint density at radius 3 is 2.37 bits per heavy atom. The monoisotopic (exact) mass is 469 g/mol. The second-order valence-electron chi connectivity index (χ2n) is 10.2. The van der Waals surface area contributed by atoms with Crippen molar-refractivity contribution in [2.45, 2.75) is 39.7 Å². The number of rotatable bonds is 8. The second kappa shape index (κ2) is 10.4. The minimum Gasteiger partial charge on any atom is -0.488 e. The average molecular weight is 470 g/mol. The molecule has 4 aromatic rings. The van der Waals surface area contributed by atoms with Crippen LogP contribution < -0.4 is 9.47 Å². The second-order valence-corrected chi connectivity index (χ2v) is 10.2. The molecule has 0 aliphatic heterocycles. The lowest BCUT2D eigenvalue weighted by atomic mass is 9.85. The predicted molar refractivity (Wildman–Crippen MR) is 143 cm³/mol. The molecule has 2 aromatic carbocycles. The van der Waals surface area contributed by atoms with Gasteiger partial charge in [-0.25, -0.2) is 9.97 Å². The first-order chi connectivity index (χ1) is 16.7. The number of fused-ring (bicyclic) bond motifs is 1. The van der Waals surface area contributed by atoms with Crippen LogP contribution in [0.4, 0.5) is 0 Å². The molecular formula is C30H35N3O2. The molecule has 0 saturated heterocycles. The number of hydrogen-bond acceptors (Lipinski definition) is 5. The van der Waals surface area contributed by atoms with Gasteiger partial charge in [0.05, 0.1) is 11.2 Å². The number of nitrogens with zero attached hydrogens (tertiary/aromatic N) is 3. The van der Waals surface area contributed by atoms with Crippen molar-refractivity contribution in [2.75, 3.05) is 27.2 Å². The molecule has 0 spiro atoms. The Kier molecular flexibility index (Phi) is 7.37. The van der Waals surface area contributed by atoms with Gasteiger partial charge in [-0.3, -0.25) is 0 Å². The SMILES string of the molecule is Cc1cc(C(C)(C)C)ccc1-c1cc(OCc2ccccc2)c2c(OCCN(C)C)nccc2n1. The molecule has 0 amide bonds. The zero-order chi connectivity index (χ0) is 25.0. The molecule has 2 heterocycles. The molecule has 0 atom stereocenters. The number of likely N-dealkylation sites (N-methyl/N-ethyl adjacent to an activating group) is 1. The summed E-state index contributed by atoms with van der Waals surface area (Å²) in [5.74, 6) is 1.27. The Balaban J connectivity index is 1.78. The molecule has 0 aliphatic carbocycles. The highest BCUT2D eigenvalue weighted by Gasteiger charge is 2.18. The topological polar surface area (TPSA) is 47.5 Å². The van der Waals surface area contributed by atoms with Gasteiger partial charge in [0, 0.05) is 24.4 Å². The van der Waals surface area contributed by atoms with E-state index in [1.807, 2.05) is 44.4 Å². The number of aromatic nitrogens is 2. The van der Waals surface area contributed by atoms with Gasteiger partial charge in [0.2, 0.25) is 5.88 Å². The van der Waals surface area contributed by atoms with Crippen molar-refractivity contribution in [2.24, 2.45) is 0 Å². The predicted octanol–water partition coefficient (Wildman–Crippen LogP) is 6.42. The zero-order valence-electron chi connectivity index (χ0n) is 21.6. The lowest BCUT2D eigenvalue weighted by molar-refractivity contribution is 0.255. The van der Waals surface area contributed by atoms with Crippen LogP contribution in [0.5, 0.6) is 11.6 Å². The molecule has 0 saturated carbocycles. The van der Waals surface area contributed by atoms with Crippen LogP contribution in [0.15, 0.2) is 66.9 Å². The summed E-state index contributed by atoms with van der Waals surface area (Å²) < 4.78 is 12.5. The van der Waals surface area contributed by atoms with Crippen molar-refractivity contribution < 1.29 is 9.47 Å². The van der Waals surface area contributed by atoms with Gasteiger partial charge in [0.25, 0.3) is 0 Å². The number of aryl methyl sites for hydroxylation is 1. The van der Waals surface area contributed by atoms with E-state index in [9.17, 15) is 0 Å². The van der Waals surface area contributed by atoms with Gasteiger partial charge < -0.3 is 14.4 Å². The highest BCUT2D eigenvalue weighted by atomic mass is 16.5. The van der Waals surface area contributed by atoms with E-state index in [1.165, 1.54) is 11.1 Å². The third-order valence-electron chi connectivity index (χ3n) is 6.03. The van der Waals surface area contributed by atoms with Crippen molar-refractivity contribution >= 4 is 10.9 Å². The standard InChI is InChI=1S/C30H35N3O2/c1-21-18-23(30(2,3)4)12-13-24(21)26-19-27(35-20-22-10-8-7-9-11-22)28-25(32-26)14-15-31-29(28)34-17-16-33(5)6/h7-15,18-19H,16-17,20H2,1-6H3. The molecule has 5 nitrogen and oxygen atoms in total. The van der Waals surface area contributed by atoms with Crippen LogP contribution in [-0.4, -0.2) is 42.1 Å². The van der Waals surface area contributed by atoms with E-state index in [2.05, 4.69) is 67.9 Å². The molecule has 0 fully saturated rings. The van der Waals surface area contributed by atoms with Crippen LogP contribution >= 0.6 is 0 Å². The molecule has 35 heavy (non-hydrogen) atoms. The van der Waals surface area contributed by atoms with Gasteiger partial charge in [0.1, 0.15) is 24.3 Å². The van der Waals surface area contributed by atoms with Gasteiger partial charge in [0.15, 0.2) is 0 Å². The molecule has 0 N–H and O–H groups in total. The smallest absolute Gasteiger partial charge is 0.226 e. The van der Waals surface area contributed by atoms with E-state index in [0.717, 1.165) is 40.0 Å². The summed E-state index contributed by atoms with van der Waals surface area (Å²) in [4.78, 5) is 11.6. The van der Waals surface area contributed by atoms with Crippen LogP contribution in [0.25, 0.3) is 22.2 Å². The number of hydrogen-bond donors (Lipinski definition) is 0. The zero-order valence-corrected chi connectivity index (χ0v) is 21.6. The Morgan fingerprint density at radius 2 is 1.69 bits per heavy atom. The molecule has 0 unspecified atom stereocenters. The number of pyridine rings is 2. The molecule has 4 rings (SSSR count). The van der Waals surface area contributed by atoms with Gasteiger partial charge >= 0.3 is 0 Å². The lowest BCUT2D eigenvalue weighted by Gasteiger charge is -2.21. The van der Waals surface area contributed by atoms with E-state index < -0.39 is 0 Å². The minimum atomic E-state index is 0.0918. The van der Waals surface area contributed by atoms with Gasteiger partial charge in [-0.1, -0.05) is 69.3 Å². The van der Waals surface area contributed by atoms with Crippen molar-refractivity contribution in [1.29, 1.82) is 0 Å². The van der Waals surface area contributed by atoms with Crippen molar-refractivity contribution in [3.63, 3.8) is 0 Å². The molecule has 2 aromatic heterocycles. The first-order valence-electron chi connectivity index (χ1n) is 12.1.